The summed E-state index contributed by atoms with van der Waals surface area (Å²) in [5.41, 5.74) is 2.62. The Morgan fingerprint density at radius 1 is 0.894 bits per heavy atom. The van der Waals surface area contributed by atoms with Crippen molar-refractivity contribution in [3.8, 4) is 5.75 Å². The number of rotatable bonds is 10. The van der Waals surface area contributed by atoms with Gasteiger partial charge in [-0.25, -0.2) is 4.79 Å². The number of amides is 1. The van der Waals surface area contributed by atoms with E-state index in [0.29, 0.717) is 57.1 Å². The van der Waals surface area contributed by atoms with Gasteiger partial charge in [0.15, 0.2) is 0 Å². The third-order valence-electron chi connectivity index (χ3n) is 14.5. The number of aliphatic hydroxyl groups is 2. The molecule has 1 saturated carbocycles. The molecule has 0 aromatic heterocycles. The van der Waals surface area contributed by atoms with Crippen LogP contribution in [0.3, 0.4) is 0 Å². The van der Waals surface area contributed by atoms with E-state index in [-0.39, 0.29) is 61.4 Å². The molecular weight excluding hydrogens is 847 g/mol. The Balaban J connectivity index is 1.44. The highest BCUT2D eigenvalue weighted by molar-refractivity contribution is 6.39. The summed E-state index contributed by atoms with van der Waals surface area (Å²) >= 11 is 0. The number of fused-ring (bicyclic) bond motifs is 3. The number of phenolic OH excluding ortho intramolecular Hbond substituents is 1. The average Bonchev–Trinajstić information content (AvgIpc) is 3.30. The van der Waals surface area contributed by atoms with E-state index in [1.54, 1.807) is 33.1 Å². The number of phenols is 1. The summed E-state index contributed by atoms with van der Waals surface area (Å²) < 4.78 is 36.6. The quantitative estimate of drug-likeness (QED) is 0.125. The summed E-state index contributed by atoms with van der Waals surface area (Å²) in [7, 11) is 4.73. The van der Waals surface area contributed by atoms with Crippen LogP contribution in [0.4, 0.5) is 0 Å². The van der Waals surface area contributed by atoms with Crippen LogP contribution < -0.4 is 0 Å². The van der Waals surface area contributed by atoms with Gasteiger partial charge in [-0.1, -0.05) is 69.7 Å². The minimum atomic E-state index is -2.51. The summed E-state index contributed by atoms with van der Waals surface area (Å²) in [6.07, 6.45) is 8.44. The highest BCUT2D eigenvalue weighted by Gasteiger charge is 2.56. The number of Topliss-reactive ketones (excluding diaryl/α,β-unsaturated/α-hetero) is 2. The van der Waals surface area contributed by atoms with Crippen molar-refractivity contribution in [3.63, 3.8) is 0 Å². The Hall–Kier alpha value is -3.76. The molecule has 3 aliphatic heterocycles. The number of carbonyl (C=O) groups excluding carboxylic acids is 4. The van der Waals surface area contributed by atoms with Gasteiger partial charge in [0.25, 0.3) is 11.7 Å². The van der Waals surface area contributed by atoms with E-state index in [2.05, 4.69) is 13.0 Å². The van der Waals surface area contributed by atoms with Crippen LogP contribution >= 0.6 is 0 Å². The first-order valence-corrected chi connectivity index (χ1v) is 24.1. The van der Waals surface area contributed by atoms with E-state index in [4.69, 9.17) is 28.4 Å². The predicted octanol–water partition coefficient (Wildman–Crippen LogP) is 6.92. The van der Waals surface area contributed by atoms with Gasteiger partial charge < -0.3 is 48.6 Å². The Kier molecular flexibility index (Phi) is 19.7. The number of hydrogen-bond donors (Lipinski definition) is 3. The van der Waals surface area contributed by atoms with E-state index >= 15 is 0 Å². The minimum Gasteiger partial charge on any atom is -0.508 e. The zero-order chi connectivity index (χ0) is 48.3. The van der Waals surface area contributed by atoms with Crippen molar-refractivity contribution >= 4 is 29.5 Å². The van der Waals surface area contributed by atoms with Crippen LogP contribution in [-0.2, 0) is 47.6 Å². The fraction of sp³-hybridized carbons (Fsp3) is 0.692. The number of methoxy groups -OCH3 is 3. The second-order valence-electron chi connectivity index (χ2n) is 19.5. The number of cyclic esters (lactones) is 1. The highest BCUT2D eigenvalue weighted by Crippen LogP contribution is 2.39. The lowest BCUT2D eigenvalue weighted by molar-refractivity contribution is -0.302. The molecule has 0 radical (unpaired) electrons. The molecule has 14 unspecified atom stereocenters. The molecule has 14 nitrogen and oxygen atoms in total. The summed E-state index contributed by atoms with van der Waals surface area (Å²) in [6.45, 7) is 11.7. The number of aliphatic hydroxyl groups excluding tert-OH is 1. The van der Waals surface area contributed by atoms with Gasteiger partial charge in [-0.05, 0) is 113 Å². The lowest BCUT2D eigenvalue weighted by Crippen LogP contribution is -2.64. The molecule has 5 rings (SSSR count). The molecule has 0 spiro atoms. The molecule has 2 saturated heterocycles. The van der Waals surface area contributed by atoms with Gasteiger partial charge in [0.1, 0.15) is 29.8 Å². The summed E-state index contributed by atoms with van der Waals surface area (Å²) in [5, 5.41) is 33.5. The van der Waals surface area contributed by atoms with Crippen LogP contribution in [0.25, 0.3) is 6.08 Å². The van der Waals surface area contributed by atoms with Crippen LogP contribution in [-0.4, -0.2) is 133 Å². The molecule has 3 heterocycles. The smallest absolute Gasteiger partial charge is 0.329 e. The zero-order valence-corrected chi connectivity index (χ0v) is 40.7. The van der Waals surface area contributed by atoms with Crippen molar-refractivity contribution in [3.05, 3.63) is 59.2 Å². The van der Waals surface area contributed by atoms with Crippen LogP contribution in [0, 0.1) is 29.6 Å². The predicted molar refractivity (Wildman–Crippen MR) is 249 cm³/mol. The number of allylic oxidation sites excluding steroid dienone is 3. The lowest BCUT2D eigenvalue weighted by atomic mass is 9.81. The molecule has 1 amide bonds. The number of carbonyl (C=O) groups is 4. The van der Waals surface area contributed by atoms with Gasteiger partial charge >= 0.3 is 5.97 Å². The standard InChI is InChI=1S/C52H77NO13/c1-10-38-25-31(2)24-32(3)26-45(62-8)48-46(63-9)28-34(5)52(60,66-48)49(57)50(58)53-22-12-11-15-40(53)51(59)65-47(35(6)41(55)30-42(38)56)33(4)27-37-18-21-43(44(29-37)61-7)64-23-13-14-36-16-19-39(54)20-17-36/h13-14,16-17,19-20,25,27,32,34-35,37-38,40-41,43-48,54-55,60H,10-12,15,18,21-24,26,28-30H2,1-9H3. The number of nitrogens with zero attached hydrogens (tertiary/aromatic N) is 1. The van der Waals surface area contributed by atoms with Crippen molar-refractivity contribution in [1.29, 1.82) is 0 Å². The molecule has 1 aromatic rings. The van der Waals surface area contributed by atoms with Gasteiger partial charge in [0.2, 0.25) is 5.79 Å². The van der Waals surface area contributed by atoms with Gasteiger partial charge in [-0.15, -0.1) is 0 Å². The number of piperidine rings is 1. The number of ether oxygens (including phenoxy) is 6. The first-order chi connectivity index (χ1) is 31.4. The summed E-state index contributed by atoms with van der Waals surface area (Å²) in [4.78, 5) is 58.4. The fourth-order valence-electron chi connectivity index (χ4n) is 10.5. The van der Waals surface area contributed by atoms with Crippen molar-refractivity contribution in [2.45, 2.75) is 167 Å². The topological polar surface area (TPSA) is 188 Å². The molecular formula is C52H77NO13. The Morgan fingerprint density at radius 2 is 1.58 bits per heavy atom. The molecule has 1 aliphatic carbocycles. The maximum atomic E-state index is 14.5. The molecule has 3 fully saturated rings. The van der Waals surface area contributed by atoms with Crippen LogP contribution in [0.2, 0.25) is 0 Å². The van der Waals surface area contributed by atoms with Gasteiger partial charge in [-0.2, -0.15) is 0 Å². The molecule has 14 heteroatoms. The Labute approximate surface area is 392 Å². The van der Waals surface area contributed by atoms with E-state index < -0.39 is 77.8 Å². The normalized spacial score (nSPS) is 36.3. The Bertz CT molecular complexity index is 1880. The average molecular weight is 924 g/mol. The second-order valence-corrected chi connectivity index (χ2v) is 19.5. The molecule has 1 aromatic carbocycles. The minimum absolute atomic E-state index is 0.0139. The number of esters is 1. The highest BCUT2D eigenvalue weighted by atomic mass is 16.7. The third-order valence-corrected chi connectivity index (χ3v) is 14.5. The van der Waals surface area contributed by atoms with Crippen LogP contribution in [0.15, 0.2) is 53.6 Å². The second kappa shape index (κ2) is 24.5. The lowest BCUT2D eigenvalue weighted by Gasteiger charge is -2.47. The van der Waals surface area contributed by atoms with Crippen LogP contribution in [0.1, 0.15) is 118 Å². The molecule has 3 N–H and O–H groups in total. The van der Waals surface area contributed by atoms with E-state index in [9.17, 15) is 34.5 Å². The summed E-state index contributed by atoms with van der Waals surface area (Å²) in [6, 6.07) is 5.77. The van der Waals surface area contributed by atoms with Gasteiger partial charge in [0, 0.05) is 52.0 Å². The van der Waals surface area contributed by atoms with Crippen molar-refractivity contribution in [2.75, 3.05) is 34.5 Å². The number of aromatic hydroxyl groups is 1. The first-order valence-electron chi connectivity index (χ1n) is 24.1. The van der Waals surface area contributed by atoms with Crippen molar-refractivity contribution in [2.24, 2.45) is 29.6 Å². The van der Waals surface area contributed by atoms with Crippen molar-refractivity contribution < 1.29 is 62.9 Å². The van der Waals surface area contributed by atoms with Crippen LogP contribution in [0.5, 0.6) is 5.75 Å². The maximum absolute atomic E-state index is 14.5. The number of hydrogen-bond acceptors (Lipinski definition) is 13. The largest absolute Gasteiger partial charge is 0.508 e. The maximum Gasteiger partial charge on any atom is 0.329 e. The van der Waals surface area contributed by atoms with E-state index in [0.717, 1.165) is 17.6 Å². The molecule has 368 valence electrons. The molecule has 14 atom stereocenters. The molecule has 2 bridgehead atoms. The summed E-state index contributed by atoms with van der Waals surface area (Å²) in [5.74, 6) is -7.33. The molecule has 66 heavy (non-hydrogen) atoms. The number of ketones is 2. The third kappa shape index (κ3) is 13.3. The fourth-order valence-corrected chi connectivity index (χ4v) is 10.5. The van der Waals surface area contributed by atoms with Gasteiger partial charge in [0.05, 0.1) is 37.1 Å². The number of benzene rings is 1. The van der Waals surface area contributed by atoms with E-state index in [1.165, 1.54) is 19.1 Å². The Morgan fingerprint density at radius 3 is 2.24 bits per heavy atom. The first kappa shape index (κ1) is 53.2. The zero-order valence-electron chi connectivity index (χ0n) is 40.7. The monoisotopic (exact) mass is 924 g/mol. The SMILES string of the molecule is CCC1C=C(C)CC(C)CC(OC)C2OC(O)(C(=O)C(=O)N3CCCCC3C(=O)OC(C(C)=CC3CCC(OCC=Cc4ccc(O)cc4)C(OC)C3)C(C)C(O)CC1=O)C(C)CC2OC. The van der Waals surface area contributed by atoms with Crippen molar-refractivity contribution in [1.82, 2.24) is 4.90 Å². The van der Waals surface area contributed by atoms with E-state index in [1.807, 2.05) is 51.1 Å². The van der Waals surface area contributed by atoms with Gasteiger partial charge in [-0.3, -0.25) is 14.4 Å². The molecule has 4 aliphatic rings.